The van der Waals surface area contributed by atoms with E-state index in [0.29, 0.717) is 19.6 Å². The Bertz CT molecular complexity index is 941. The van der Waals surface area contributed by atoms with Crippen LogP contribution < -0.4 is 4.74 Å². The van der Waals surface area contributed by atoms with Crippen LogP contribution in [0.15, 0.2) is 84.9 Å². The van der Waals surface area contributed by atoms with E-state index in [1.807, 2.05) is 65.6 Å². The van der Waals surface area contributed by atoms with Crippen LogP contribution in [0.5, 0.6) is 5.75 Å². The van der Waals surface area contributed by atoms with E-state index >= 15 is 0 Å². The number of rotatable bonds is 7. The summed E-state index contributed by atoms with van der Waals surface area (Å²) in [7, 11) is 1.66. The fourth-order valence-corrected chi connectivity index (χ4v) is 4.03. The van der Waals surface area contributed by atoms with Gasteiger partial charge in [0.05, 0.1) is 25.9 Å². The molecule has 1 heterocycles. The van der Waals surface area contributed by atoms with E-state index in [9.17, 15) is 4.79 Å². The monoisotopic (exact) mass is 401 g/mol. The Morgan fingerprint density at radius 1 is 0.867 bits per heavy atom. The topological polar surface area (TPSA) is 38.8 Å². The molecule has 2 atom stereocenters. The lowest BCUT2D eigenvalue weighted by Gasteiger charge is -2.41. The van der Waals surface area contributed by atoms with Gasteiger partial charge in [-0.25, -0.2) is 0 Å². The maximum atomic E-state index is 13.0. The third kappa shape index (κ3) is 4.71. The van der Waals surface area contributed by atoms with Gasteiger partial charge in [0.15, 0.2) is 0 Å². The van der Waals surface area contributed by atoms with Crippen LogP contribution in [0.4, 0.5) is 0 Å². The second-order valence-corrected chi connectivity index (χ2v) is 7.60. The third-order valence-electron chi connectivity index (χ3n) is 5.61. The van der Waals surface area contributed by atoms with Gasteiger partial charge in [0.1, 0.15) is 5.75 Å². The van der Waals surface area contributed by atoms with Gasteiger partial charge in [-0.15, -0.1) is 0 Å². The van der Waals surface area contributed by atoms with E-state index in [1.165, 1.54) is 0 Å². The molecule has 0 spiro atoms. The standard InChI is InChI=1S/C26H27NO3/c1-29-23-14-12-20(13-15-23)18-27-25(28)17-16-24(26(27)22-10-6-3-7-11-22)30-19-21-8-4-2-5-9-21/h2-15,24,26H,16-19H2,1H3/t24-,26-/m0/s1. The molecule has 4 heteroatoms. The summed E-state index contributed by atoms with van der Waals surface area (Å²) < 4.78 is 11.6. The summed E-state index contributed by atoms with van der Waals surface area (Å²) in [4.78, 5) is 14.9. The molecule has 3 aromatic carbocycles. The van der Waals surface area contributed by atoms with Gasteiger partial charge >= 0.3 is 0 Å². The number of piperidine rings is 1. The molecule has 3 aromatic rings. The molecule has 30 heavy (non-hydrogen) atoms. The summed E-state index contributed by atoms with van der Waals surface area (Å²) in [6, 6.07) is 28.2. The maximum Gasteiger partial charge on any atom is 0.223 e. The number of benzene rings is 3. The van der Waals surface area contributed by atoms with Crippen LogP contribution in [0.3, 0.4) is 0 Å². The third-order valence-corrected chi connectivity index (χ3v) is 5.61. The van der Waals surface area contributed by atoms with Crippen molar-refractivity contribution in [3.05, 3.63) is 102 Å². The van der Waals surface area contributed by atoms with E-state index < -0.39 is 0 Å². The lowest BCUT2D eigenvalue weighted by atomic mass is 9.91. The number of hydrogen-bond donors (Lipinski definition) is 0. The summed E-state index contributed by atoms with van der Waals surface area (Å²) in [5.41, 5.74) is 3.33. The van der Waals surface area contributed by atoms with E-state index in [1.54, 1.807) is 7.11 Å². The highest BCUT2D eigenvalue weighted by Gasteiger charge is 2.37. The van der Waals surface area contributed by atoms with Crippen molar-refractivity contribution in [1.82, 2.24) is 4.90 Å². The molecule has 154 valence electrons. The van der Waals surface area contributed by atoms with Crippen LogP contribution in [-0.4, -0.2) is 24.0 Å². The number of likely N-dealkylation sites (tertiary alicyclic amines) is 1. The van der Waals surface area contributed by atoms with Crippen molar-refractivity contribution in [3.63, 3.8) is 0 Å². The van der Waals surface area contributed by atoms with Gasteiger partial charge in [-0.1, -0.05) is 72.8 Å². The molecule has 0 unspecified atom stereocenters. The van der Waals surface area contributed by atoms with Crippen molar-refractivity contribution in [1.29, 1.82) is 0 Å². The van der Waals surface area contributed by atoms with Crippen molar-refractivity contribution in [2.75, 3.05) is 7.11 Å². The van der Waals surface area contributed by atoms with Crippen LogP contribution in [-0.2, 0) is 22.7 Å². The summed E-state index contributed by atoms with van der Waals surface area (Å²) in [6.45, 7) is 1.09. The molecule has 1 aliphatic heterocycles. The highest BCUT2D eigenvalue weighted by atomic mass is 16.5. The molecule has 0 bridgehead atoms. The van der Waals surface area contributed by atoms with Crippen LogP contribution in [0.2, 0.25) is 0 Å². The first kappa shape index (κ1) is 20.2. The van der Waals surface area contributed by atoms with Crippen LogP contribution in [0, 0.1) is 0 Å². The Kier molecular flexibility index (Phi) is 6.45. The maximum absolute atomic E-state index is 13.0. The van der Waals surface area contributed by atoms with Gasteiger partial charge in [-0.2, -0.15) is 0 Å². The van der Waals surface area contributed by atoms with E-state index in [4.69, 9.17) is 9.47 Å². The molecular weight excluding hydrogens is 374 g/mol. The second-order valence-electron chi connectivity index (χ2n) is 7.60. The van der Waals surface area contributed by atoms with Crippen molar-refractivity contribution in [2.45, 2.75) is 38.1 Å². The zero-order chi connectivity index (χ0) is 20.8. The Balaban J connectivity index is 1.59. The molecule has 0 aromatic heterocycles. The zero-order valence-electron chi connectivity index (χ0n) is 17.2. The van der Waals surface area contributed by atoms with Crippen LogP contribution >= 0.6 is 0 Å². The Hall–Kier alpha value is -3.11. The fraction of sp³-hybridized carbons (Fsp3) is 0.269. The average molecular weight is 402 g/mol. The lowest BCUT2D eigenvalue weighted by molar-refractivity contribution is -0.147. The summed E-state index contributed by atoms with van der Waals surface area (Å²) >= 11 is 0. The van der Waals surface area contributed by atoms with Gasteiger partial charge in [-0.05, 0) is 35.2 Å². The largest absolute Gasteiger partial charge is 0.497 e. The van der Waals surface area contributed by atoms with E-state index in [0.717, 1.165) is 28.9 Å². The molecule has 4 rings (SSSR count). The normalized spacial score (nSPS) is 19.0. The molecule has 1 saturated heterocycles. The number of carbonyl (C=O) groups is 1. The Labute approximate surface area is 178 Å². The minimum atomic E-state index is -0.113. The SMILES string of the molecule is COc1ccc(CN2C(=O)CC[C@H](OCc3ccccc3)[C@@H]2c2ccccc2)cc1. The van der Waals surface area contributed by atoms with Gasteiger partial charge in [0.25, 0.3) is 0 Å². The number of nitrogens with zero attached hydrogens (tertiary/aromatic N) is 1. The smallest absolute Gasteiger partial charge is 0.223 e. The van der Waals surface area contributed by atoms with Crippen molar-refractivity contribution in [3.8, 4) is 5.75 Å². The number of hydrogen-bond acceptors (Lipinski definition) is 3. The predicted octanol–water partition coefficient (Wildman–Crippen LogP) is 5.14. The van der Waals surface area contributed by atoms with Crippen LogP contribution in [0.1, 0.15) is 35.6 Å². The second kappa shape index (κ2) is 9.59. The Morgan fingerprint density at radius 3 is 2.20 bits per heavy atom. The highest BCUT2D eigenvalue weighted by Crippen LogP contribution is 2.35. The first-order chi connectivity index (χ1) is 14.7. The van der Waals surface area contributed by atoms with Gasteiger partial charge in [0.2, 0.25) is 5.91 Å². The molecule has 1 aliphatic rings. The lowest BCUT2D eigenvalue weighted by Crippen LogP contribution is -2.45. The molecule has 0 aliphatic carbocycles. The summed E-state index contributed by atoms with van der Waals surface area (Å²) in [5.74, 6) is 0.978. The van der Waals surface area contributed by atoms with Gasteiger partial charge < -0.3 is 14.4 Å². The summed E-state index contributed by atoms with van der Waals surface area (Å²) in [5, 5.41) is 0. The van der Waals surface area contributed by atoms with Crippen molar-refractivity contribution >= 4 is 5.91 Å². The van der Waals surface area contributed by atoms with Crippen LogP contribution in [0.25, 0.3) is 0 Å². The fourth-order valence-electron chi connectivity index (χ4n) is 4.03. The number of methoxy groups -OCH3 is 1. The highest BCUT2D eigenvalue weighted by molar-refractivity contribution is 5.78. The molecular formula is C26H27NO3. The summed E-state index contributed by atoms with van der Waals surface area (Å²) in [6.07, 6.45) is 1.17. The van der Waals surface area contributed by atoms with E-state index in [2.05, 4.69) is 24.3 Å². The van der Waals surface area contributed by atoms with Crippen molar-refractivity contribution in [2.24, 2.45) is 0 Å². The first-order valence-electron chi connectivity index (χ1n) is 10.4. The minimum absolute atomic E-state index is 0.0523. The van der Waals surface area contributed by atoms with Gasteiger partial charge in [0, 0.05) is 13.0 Å². The number of ether oxygens (including phenoxy) is 2. The van der Waals surface area contributed by atoms with Gasteiger partial charge in [-0.3, -0.25) is 4.79 Å². The molecule has 1 fully saturated rings. The minimum Gasteiger partial charge on any atom is -0.497 e. The Morgan fingerprint density at radius 2 is 1.53 bits per heavy atom. The number of amides is 1. The zero-order valence-corrected chi connectivity index (χ0v) is 17.2. The molecule has 0 saturated carbocycles. The van der Waals surface area contributed by atoms with E-state index in [-0.39, 0.29) is 18.1 Å². The first-order valence-corrected chi connectivity index (χ1v) is 10.4. The molecule has 0 N–H and O–H groups in total. The number of carbonyl (C=O) groups excluding carboxylic acids is 1. The molecule has 1 amide bonds. The molecule has 0 radical (unpaired) electrons. The quantitative estimate of drug-likeness (QED) is 0.550. The average Bonchev–Trinajstić information content (AvgIpc) is 2.81. The van der Waals surface area contributed by atoms with Crippen molar-refractivity contribution < 1.29 is 14.3 Å². The molecule has 4 nitrogen and oxygen atoms in total. The predicted molar refractivity (Wildman–Crippen MR) is 117 cm³/mol.